The Balaban J connectivity index is 2.80. The Morgan fingerprint density at radius 3 is 2.65 bits per heavy atom. The van der Waals surface area contributed by atoms with Crippen LogP contribution in [-0.4, -0.2) is 16.5 Å². The van der Waals surface area contributed by atoms with Gasteiger partial charge in [0.15, 0.2) is 5.69 Å². The van der Waals surface area contributed by atoms with Crippen LogP contribution in [0.4, 0.5) is 19.1 Å². The molecule has 0 unspecified atom stereocenters. The quantitative estimate of drug-likeness (QED) is 0.860. The molecular weight excluding hydrogens is 235 g/mol. The smallest absolute Gasteiger partial charge is 0.356 e. The Hall–Kier alpha value is -1.53. The fourth-order valence-electron chi connectivity index (χ4n) is 1.17. The Kier molecular flexibility index (Phi) is 4.14. The molecule has 0 radical (unpaired) electrons. The summed E-state index contributed by atoms with van der Waals surface area (Å²) < 4.78 is 37.1. The SMILES string of the molecule is CC(C)CCNc1nc(C(F)(F)F)cc(=O)[nH]1. The average molecular weight is 249 g/mol. The van der Waals surface area contributed by atoms with Crippen molar-refractivity contribution in [2.45, 2.75) is 26.4 Å². The molecule has 1 aromatic rings. The molecule has 0 saturated heterocycles. The van der Waals surface area contributed by atoms with Gasteiger partial charge < -0.3 is 5.32 Å². The van der Waals surface area contributed by atoms with Crippen molar-refractivity contribution in [1.82, 2.24) is 9.97 Å². The molecule has 0 aliphatic carbocycles. The average Bonchev–Trinajstić information content (AvgIpc) is 2.14. The Bertz CT molecular complexity index is 426. The zero-order valence-electron chi connectivity index (χ0n) is 9.56. The van der Waals surface area contributed by atoms with Gasteiger partial charge >= 0.3 is 6.18 Å². The second-order valence-electron chi connectivity index (χ2n) is 4.09. The summed E-state index contributed by atoms with van der Waals surface area (Å²) in [5.74, 6) is 0.269. The molecule has 0 atom stereocenters. The lowest BCUT2D eigenvalue weighted by Crippen LogP contribution is -2.19. The number of nitrogens with one attached hydrogen (secondary N) is 2. The molecule has 0 spiro atoms. The molecule has 1 aromatic heterocycles. The molecule has 1 rings (SSSR count). The zero-order valence-corrected chi connectivity index (χ0v) is 9.56. The molecule has 4 nitrogen and oxygen atoms in total. The van der Waals surface area contributed by atoms with Crippen molar-refractivity contribution in [2.75, 3.05) is 11.9 Å². The second-order valence-corrected chi connectivity index (χ2v) is 4.09. The van der Waals surface area contributed by atoms with E-state index in [9.17, 15) is 18.0 Å². The van der Waals surface area contributed by atoms with E-state index in [0.29, 0.717) is 18.5 Å². The van der Waals surface area contributed by atoms with Gasteiger partial charge in [0.1, 0.15) is 0 Å². The van der Waals surface area contributed by atoms with Crippen molar-refractivity contribution in [3.8, 4) is 0 Å². The van der Waals surface area contributed by atoms with E-state index in [-0.39, 0.29) is 5.95 Å². The highest BCUT2D eigenvalue weighted by Crippen LogP contribution is 2.26. The standard InChI is InChI=1S/C10H14F3N3O/c1-6(2)3-4-14-9-15-7(10(11,12)13)5-8(17)16-9/h5-6H,3-4H2,1-2H3,(H2,14,15,16,17). The predicted octanol–water partition coefficient (Wildman–Crippen LogP) is 2.25. The van der Waals surface area contributed by atoms with Crippen LogP contribution in [0.3, 0.4) is 0 Å². The third kappa shape index (κ3) is 4.46. The molecule has 0 amide bonds. The number of H-pyrrole nitrogens is 1. The van der Waals surface area contributed by atoms with Crippen LogP contribution < -0.4 is 10.9 Å². The molecule has 0 aromatic carbocycles. The van der Waals surface area contributed by atoms with Crippen LogP contribution in [-0.2, 0) is 6.18 Å². The molecule has 0 saturated carbocycles. The summed E-state index contributed by atoms with van der Waals surface area (Å²) in [6.07, 6.45) is -3.83. The summed E-state index contributed by atoms with van der Waals surface area (Å²) in [5, 5.41) is 2.66. The maximum Gasteiger partial charge on any atom is 0.433 e. The number of aromatic amines is 1. The maximum absolute atomic E-state index is 12.4. The van der Waals surface area contributed by atoms with Crippen LogP contribution in [0.1, 0.15) is 26.0 Å². The van der Waals surface area contributed by atoms with E-state index in [1.807, 2.05) is 13.8 Å². The third-order valence-corrected chi connectivity index (χ3v) is 2.05. The van der Waals surface area contributed by atoms with E-state index >= 15 is 0 Å². The molecule has 0 aliphatic heterocycles. The monoisotopic (exact) mass is 249 g/mol. The number of anilines is 1. The molecule has 0 fully saturated rings. The van der Waals surface area contributed by atoms with Gasteiger partial charge in [-0.15, -0.1) is 0 Å². The molecule has 0 aliphatic rings. The van der Waals surface area contributed by atoms with Crippen molar-refractivity contribution in [3.63, 3.8) is 0 Å². The number of hydrogen-bond acceptors (Lipinski definition) is 3. The molecule has 7 heteroatoms. The van der Waals surface area contributed by atoms with Gasteiger partial charge in [0.25, 0.3) is 5.56 Å². The first-order valence-electron chi connectivity index (χ1n) is 5.21. The number of rotatable bonds is 4. The fraction of sp³-hybridized carbons (Fsp3) is 0.600. The van der Waals surface area contributed by atoms with Crippen LogP contribution >= 0.6 is 0 Å². The van der Waals surface area contributed by atoms with E-state index < -0.39 is 17.4 Å². The van der Waals surface area contributed by atoms with E-state index in [0.717, 1.165) is 6.42 Å². The molecule has 2 N–H and O–H groups in total. The summed E-state index contributed by atoms with van der Waals surface area (Å²) in [7, 11) is 0. The fourth-order valence-corrected chi connectivity index (χ4v) is 1.17. The summed E-state index contributed by atoms with van der Waals surface area (Å²) in [6.45, 7) is 4.44. The third-order valence-electron chi connectivity index (χ3n) is 2.05. The van der Waals surface area contributed by atoms with Crippen molar-refractivity contribution < 1.29 is 13.2 Å². The normalized spacial score (nSPS) is 11.9. The van der Waals surface area contributed by atoms with Gasteiger partial charge in [-0.05, 0) is 12.3 Å². The first-order chi connectivity index (χ1) is 7.79. The molecule has 17 heavy (non-hydrogen) atoms. The second kappa shape index (κ2) is 5.20. The summed E-state index contributed by atoms with van der Waals surface area (Å²) in [5.41, 5.74) is -2.01. The Labute approximate surface area is 96.3 Å². The molecule has 1 heterocycles. The van der Waals surface area contributed by atoms with Gasteiger partial charge in [-0.3, -0.25) is 9.78 Å². The van der Waals surface area contributed by atoms with Gasteiger partial charge in [-0.25, -0.2) is 4.98 Å². The van der Waals surface area contributed by atoms with E-state index in [1.54, 1.807) is 0 Å². The number of hydrogen-bond donors (Lipinski definition) is 2. The van der Waals surface area contributed by atoms with Crippen LogP contribution in [0, 0.1) is 5.92 Å². The predicted molar refractivity (Wildman–Crippen MR) is 57.8 cm³/mol. The van der Waals surface area contributed by atoms with Crippen molar-refractivity contribution >= 4 is 5.95 Å². The van der Waals surface area contributed by atoms with Crippen LogP contribution in [0.2, 0.25) is 0 Å². The van der Waals surface area contributed by atoms with Crippen LogP contribution in [0.5, 0.6) is 0 Å². The lowest BCUT2D eigenvalue weighted by atomic mass is 10.1. The minimum Gasteiger partial charge on any atom is -0.356 e. The number of halogens is 3. The highest BCUT2D eigenvalue weighted by molar-refractivity contribution is 5.25. The van der Waals surface area contributed by atoms with Crippen molar-refractivity contribution in [2.24, 2.45) is 5.92 Å². The Morgan fingerprint density at radius 1 is 1.47 bits per heavy atom. The summed E-state index contributed by atoms with van der Waals surface area (Å²) >= 11 is 0. The van der Waals surface area contributed by atoms with Crippen molar-refractivity contribution in [3.05, 3.63) is 22.1 Å². The van der Waals surface area contributed by atoms with Gasteiger partial charge in [0.2, 0.25) is 5.95 Å². The van der Waals surface area contributed by atoms with Gasteiger partial charge in [0.05, 0.1) is 0 Å². The van der Waals surface area contributed by atoms with E-state index in [1.165, 1.54) is 0 Å². The Morgan fingerprint density at radius 2 is 2.12 bits per heavy atom. The molecule has 0 bridgehead atoms. The number of nitrogens with zero attached hydrogens (tertiary/aromatic N) is 1. The number of alkyl halides is 3. The minimum absolute atomic E-state index is 0.148. The summed E-state index contributed by atoms with van der Waals surface area (Å²) in [4.78, 5) is 16.5. The van der Waals surface area contributed by atoms with E-state index in [2.05, 4.69) is 15.3 Å². The first-order valence-corrected chi connectivity index (χ1v) is 5.21. The maximum atomic E-state index is 12.4. The largest absolute Gasteiger partial charge is 0.433 e. The lowest BCUT2D eigenvalue weighted by Gasteiger charge is -2.09. The first kappa shape index (κ1) is 13.5. The van der Waals surface area contributed by atoms with E-state index in [4.69, 9.17) is 0 Å². The zero-order chi connectivity index (χ0) is 13.1. The van der Waals surface area contributed by atoms with Gasteiger partial charge in [0, 0.05) is 12.6 Å². The van der Waals surface area contributed by atoms with Crippen LogP contribution in [0.15, 0.2) is 10.9 Å². The summed E-state index contributed by atoms with van der Waals surface area (Å²) in [6, 6.07) is 0.438. The molecular formula is C10H14F3N3O. The molecule has 96 valence electrons. The van der Waals surface area contributed by atoms with Crippen LogP contribution in [0.25, 0.3) is 0 Å². The lowest BCUT2D eigenvalue weighted by molar-refractivity contribution is -0.141. The minimum atomic E-state index is -4.61. The highest BCUT2D eigenvalue weighted by atomic mass is 19.4. The van der Waals surface area contributed by atoms with Gasteiger partial charge in [-0.2, -0.15) is 13.2 Å². The highest BCUT2D eigenvalue weighted by Gasteiger charge is 2.33. The number of aromatic nitrogens is 2. The topological polar surface area (TPSA) is 57.8 Å². The van der Waals surface area contributed by atoms with Gasteiger partial charge in [-0.1, -0.05) is 13.8 Å². The van der Waals surface area contributed by atoms with Crippen molar-refractivity contribution in [1.29, 1.82) is 0 Å².